The van der Waals surface area contributed by atoms with Crippen molar-refractivity contribution < 1.29 is 14.4 Å². The second-order valence-electron chi connectivity index (χ2n) is 6.54. The van der Waals surface area contributed by atoms with Crippen molar-refractivity contribution in [3.05, 3.63) is 29.2 Å². The van der Waals surface area contributed by atoms with Gasteiger partial charge in [0.2, 0.25) is 0 Å². The third kappa shape index (κ3) is 2.56. The molecule has 22 heavy (non-hydrogen) atoms. The van der Waals surface area contributed by atoms with Crippen LogP contribution >= 0.6 is 0 Å². The number of rotatable bonds is 3. The van der Waals surface area contributed by atoms with Crippen LogP contribution in [-0.2, 0) is 9.31 Å². The molecular weight excluding hydrogens is 281 g/mol. The lowest BCUT2D eigenvalue weighted by atomic mass is 9.77. The molecule has 2 heterocycles. The molecule has 6 nitrogen and oxygen atoms in total. The van der Waals surface area contributed by atoms with E-state index in [1.165, 1.54) is 0 Å². The van der Waals surface area contributed by atoms with E-state index in [0.717, 1.165) is 16.6 Å². The number of H-pyrrole nitrogens is 1. The van der Waals surface area contributed by atoms with Gasteiger partial charge in [0.05, 0.1) is 17.8 Å². The molecule has 0 saturated carbocycles. The third-order valence-electron chi connectivity index (χ3n) is 4.43. The highest BCUT2D eigenvalue weighted by atomic mass is 16.7. The first kappa shape index (κ1) is 15.2. The number of benzene rings is 1. The first-order chi connectivity index (χ1) is 10.3. The van der Waals surface area contributed by atoms with Gasteiger partial charge in [-0.15, -0.1) is 0 Å². The highest BCUT2D eigenvalue weighted by Gasteiger charge is 2.52. The Morgan fingerprint density at radius 2 is 1.82 bits per heavy atom. The predicted octanol–water partition coefficient (Wildman–Crippen LogP) is 1.96. The number of hydrogen-bond acceptors (Lipinski definition) is 5. The molecule has 2 aromatic rings. The number of aromatic amines is 1. The zero-order chi connectivity index (χ0) is 16.0. The summed E-state index contributed by atoms with van der Waals surface area (Å²) in [5.41, 5.74) is 2.32. The van der Waals surface area contributed by atoms with E-state index in [1.807, 2.05) is 52.0 Å². The Balaban J connectivity index is 1.90. The topological polar surface area (TPSA) is 80.3 Å². The monoisotopic (exact) mass is 301 g/mol. The molecule has 1 aliphatic heterocycles. The minimum Gasteiger partial charge on any atom is -0.400 e. The van der Waals surface area contributed by atoms with E-state index in [-0.39, 0.29) is 6.61 Å². The van der Waals surface area contributed by atoms with Gasteiger partial charge in [-0.2, -0.15) is 15.4 Å². The molecule has 0 aliphatic carbocycles. The lowest BCUT2D eigenvalue weighted by Gasteiger charge is -2.32. The maximum absolute atomic E-state index is 9.70. The first-order valence-electron chi connectivity index (χ1n) is 7.30. The Bertz CT molecular complexity index is 708. The summed E-state index contributed by atoms with van der Waals surface area (Å²) in [6.07, 6.45) is 1.87. The second kappa shape index (κ2) is 5.19. The number of fused-ring (bicyclic) bond motifs is 1. The standard InChI is InChI=1S/C15H20BN3O3/c1-14(2)15(3,4)22-16(21-14)11(9-20)7-10-5-6-12-13(8-10)18-19-17-12/h5-8,20H,9H2,1-4H3,(H,17,18,19). The molecular formula is C15H20BN3O3. The summed E-state index contributed by atoms with van der Waals surface area (Å²) in [7, 11) is -0.553. The molecule has 3 rings (SSSR count). The van der Waals surface area contributed by atoms with Gasteiger partial charge >= 0.3 is 7.12 Å². The fraction of sp³-hybridized carbons (Fsp3) is 0.467. The Hall–Kier alpha value is -1.70. The molecule has 7 heteroatoms. The molecule has 0 atom stereocenters. The number of aliphatic hydroxyl groups excluding tert-OH is 1. The van der Waals surface area contributed by atoms with E-state index >= 15 is 0 Å². The smallest absolute Gasteiger partial charge is 0.400 e. The summed E-state index contributed by atoms with van der Waals surface area (Å²) in [5.74, 6) is 0. The number of nitrogens with one attached hydrogen (secondary N) is 1. The Morgan fingerprint density at radius 3 is 2.45 bits per heavy atom. The fourth-order valence-electron chi connectivity index (χ4n) is 2.34. The molecule has 1 aromatic heterocycles. The van der Waals surface area contributed by atoms with Crippen LogP contribution in [0.2, 0.25) is 0 Å². The lowest BCUT2D eigenvalue weighted by Crippen LogP contribution is -2.41. The van der Waals surface area contributed by atoms with E-state index in [1.54, 1.807) is 0 Å². The van der Waals surface area contributed by atoms with Gasteiger partial charge in [0, 0.05) is 0 Å². The molecule has 116 valence electrons. The van der Waals surface area contributed by atoms with E-state index in [0.29, 0.717) is 5.47 Å². The summed E-state index contributed by atoms with van der Waals surface area (Å²) < 4.78 is 12.0. The van der Waals surface area contributed by atoms with Crippen LogP contribution in [-0.4, -0.2) is 45.4 Å². The van der Waals surface area contributed by atoms with E-state index in [4.69, 9.17) is 9.31 Å². The highest BCUT2D eigenvalue weighted by molar-refractivity contribution is 6.55. The van der Waals surface area contributed by atoms with Crippen molar-refractivity contribution in [1.29, 1.82) is 0 Å². The van der Waals surface area contributed by atoms with E-state index < -0.39 is 18.3 Å². The molecule has 0 bridgehead atoms. The summed E-state index contributed by atoms with van der Waals surface area (Å²) in [6.45, 7) is 7.83. The second-order valence-corrected chi connectivity index (χ2v) is 6.54. The molecule has 1 aromatic carbocycles. The predicted molar refractivity (Wildman–Crippen MR) is 85.0 cm³/mol. The van der Waals surface area contributed by atoms with Crippen LogP contribution in [0, 0.1) is 0 Å². The van der Waals surface area contributed by atoms with Crippen molar-refractivity contribution >= 4 is 24.2 Å². The van der Waals surface area contributed by atoms with Crippen LogP contribution in [0.5, 0.6) is 0 Å². The average Bonchev–Trinajstić information content (AvgIpc) is 2.98. The van der Waals surface area contributed by atoms with Crippen molar-refractivity contribution in [2.24, 2.45) is 0 Å². The molecule has 0 radical (unpaired) electrons. The minimum atomic E-state index is -0.553. The van der Waals surface area contributed by atoms with Gasteiger partial charge in [0.25, 0.3) is 0 Å². The van der Waals surface area contributed by atoms with Crippen molar-refractivity contribution in [3.8, 4) is 0 Å². The molecule has 1 aliphatic rings. The Labute approximate surface area is 129 Å². The number of nitrogens with zero attached hydrogens (tertiary/aromatic N) is 2. The Morgan fingerprint density at radius 1 is 1.18 bits per heavy atom. The molecule has 2 N–H and O–H groups in total. The van der Waals surface area contributed by atoms with Crippen LogP contribution in [0.15, 0.2) is 23.7 Å². The van der Waals surface area contributed by atoms with Crippen LogP contribution in [0.1, 0.15) is 33.3 Å². The number of hydrogen-bond donors (Lipinski definition) is 2. The molecule has 1 saturated heterocycles. The molecule has 1 fully saturated rings. The van der Waals surface area contributed by atoms with Gasteiger partial charge < -0.3 is 14.4 Å². The maximum atomic E-state index is 9.70. The van der Waals surface area contributed by atoms with Crippen molar-refractivity contribution in [1.82, 2.24) is 15.4 Å². The van der Waals surface area contributed by atoms with Gasteiger partial charge in [-0.25, -0.2) is 0 Å². The highest BCUT2D eigenvalue weighted by Crippen LogP contribution is 2.38. The van der Waals surface area contributed by atoms with Crippen molar-refractivity contribution in [2.75, 3.05) is 6.61 Å². The molecule has 0 unspecified atom stereocenters. The van der Waals surface area contributed by atoms with Crippen LogP contribution in [0.25, 0.3) is 17.1 Å². The summed E-state index contributed by atoms with van der Waals surface area (Å²) in [4.78, 5) is 0. The zero-order valence-electron chi connectivity index (χ0n) is 13.3. The summed E-state index contributed by atoms with van der Waals surface area (Å²) >= 11 is 0. The minimum absolute atomic E-state index is 0.131. The van der Waals surface area contributed by atoms with Gasteiger partial charge in [-0.1, -0.05) is 12.1 Å². The van der Waals surface area contributed by atoms with Crippen LogP contribution < -0.4 is 0 Å². The third-order valence-corrected chi connectivity index (χ3v) is 4.43. The van der Waals surface area contributed by atoms with Crippen LogP contribution in [0.4, 0.5) is 0 Å². The van der Waals surface area contributed by atoms with E-state index in [9.17, 15) is 5.11 Å². The first-order valence-corrected chi connectivity index (χ1v) is 7.30. The average molecular weight is 301 g/mol. The fourth-order valence-corrected chi connectivity index (χ4v) is 2.34. The number of aromatic nitrogens is 3. The van der Waals surface area contributed by atoms with E-state index in [2.05, 4.69) is 15.4 Å². The normalized spacial score (nSPS) is 20.8. The lowest BCUT2D eigenvalue weighted by molar-refractivity contribution is 0.00578. The Kier molecular flexibility index (Phi) is 3.59. The largest absolute Gasteiger partial charge is 0.492 e. The molecule has 0 spiro atoms. The van der Waals surface area contributed by atoms with Gasteiger partial charge in [0.15, 0.2) is 0 Å². The van der Waals surface area contributed by atoms with Crippen molar-refractivity contribution in [3.63, 3.8) is 0 Å². The maximum Gasteiger partial charge on any atom is 0.492 e. The summed E-state index contributed by atoms with van der Waals surface area (Å²) in [5, 5.41) is 20.4. The van der Waals surface area contributed by atoms with Crippen LogP contribution in [0.3, 0.4) is 0 Å². The quantitative estimate of drug-likeness (QED) is 0.847. The van der Waals surface area contributed by atoms with Crippen molar-refractivity contribution in [2.45, 2.75) is 38.9 Å². The van der Waals surface area contributed by atoms with Gasteiger partial charge in [-0.05, 0) is 50.9 Å². The zero-order valence-corrected chi connectivity index (χ0v) is 13.3. The SMILES string of the molecule is CC1(C)OB(C(=Cc2ccc3n[nH]nc3c2)CO)OC1(C)C. The number of aliphatic hydroxyl groups is 1. The summed E-state index contributed by atoms with van der Waals surface area (Å²) in [6, 6.07) is 5.70. The molecule has 0 amide bonds. The van der Waals surface area contributed by atoms with Gasteiger partial charge in [0.1, 0.15) is 11.0 Å². The van der Waals surface area contributed by atoms with Gasteiger partial charge in [-0.3, -0.25) is 0 Å².